The normalized spacial score (nSPS) is 16.7. The smallest absolute Gasteiger partial charge is 0.324 e. The molecule has 24 heavy (non-hydrogen) atoms. The lowest BCUT2D eigenvalue weighted by Crippen LogP contribution is -2.47. The maximum absolute atomic E-state index is 12.9. The third-order valence-electron chi connectivity index (χ3n) is 5.07. The number of esters is 2. The minimum Gasteiger partial charge on any atom is -0.462 e. The first-order chi connectivity index (χ1) is 11.2. The molecule has 0 amide bonds. The molecule has 4 heteroatoms. The van der Waals surface area contributed by atoms with E-state index in [0.717, 1.165) is 6.42 Å². The maximum atomic E-state index is 12.9. The van der Waals surface area contributed by atoms with Crippen molar-refractivity contribution in [2.45, 2.75) is 98.7 Å². The third kappa shape index (κ3) is 5.49. The lowest BCUT2D eigenvalue weighted by Gasteiger charge is -2.35. The second-order valence-electron chi connectivity index (χ2n) is 8.08. The summed E-state index contributed by atoms with van der Waals surface area (Å²) in [5, 5.41) is 0. The number of hydrogen-bond acceptors (Lipinski definition) is 4. The molecule has 0 unspecified atom stereocenters. The van der Waals surface area contributed by atoms with E-state index in [9.17, 15) is 9.59 Å². The molecule has 4 nitrogen and oxygen atoms in total. The van der Waals surface area contributed by atoms with Crippen molar-refractivity contribution in [2.24, 2.45) is 17.3 Å². The summed E-state index contributed by atoms with van der Waals surface area (Å²) < 4.78 is 11.0. The van der Waals surface area contributed by atoms with Crippen molar-refractivity contribution in [1.29, 1.82) is 0 Å². The first-order valence-corrected chi connectivity index (χ1v) is 9.62. The highest BCUT2D eigenvalue weighted by Gasteiger charge is 2.52. The average Bonchev–Trinajstić information content (AvgIpc) is 2.47. The Morgan fingerprint density at radius 1 is 0.875 bits per heavy atom. The van der Waals surface area contributed by atoms with Gasteiger partial charge in [-0.05, 0) is 52.4 Å². The molecule has 0 atom stereocenters. The van der Waals surface area contributed by atoms with Gasteiger partial charge in [0.2, 0.25) is 0 Å². The Morgan fingerprint density at radius 3 is 1.71 bits per heavy atom. The fourth-order valence-electron chi connectivity index (χ4n) is 3.59. The molecule has 1 saturated carbocycles. The zero-order chi connectivity index (χ0) is 18.3. The van der Waals surface area contributed by atoms with E-state index in [0.29, 0.717) is 12.3 Å². The molecular formula is C20H36O4. The number of hydrogen-bond donors (Lipinski definition) is 0. The van der Waals surface area contributed by atoms with E-state index in [1.807, 2.05) is 41.5 Å². The molecule has 0 radical (unpaired) electrons. The number of ether oxygens (including phenoxy) is 2. The summed E-state index contributed by atoms with van der Waals surface area (Å²) in [7, 11) is 0. The Hall–Kier alpha value is -1.06. The van der Waals surface area contributed by atoms with Crippen LogP contribution < -0.4 is 0 Å². The van der Waals surface area contributed by atoms with Crippen LogP contribution in [0.25, 0.3) is 0 Å². The minimum atomic E-state index is -1.19. The summed E-state index contributed by atoms with van der Waals surface area (Å²) in [6.07, 6.45) is 7.15. The minimum absolute atomic E-state index is 0.154. The van der Waals surface area contributed by atoms with Crippen LogP contribution in [0.1, 0.15) is 86.5 Å². The van der Waals surface area contributed by atoms with E-state index < -0.39 is 17.4 Å². The van der Waals surface area contributed by atoms with Crippen LogP contribution in [-0.4, -0.2) is 24.1 Å². The highest BCUT2D eigenvalue weighted by molar-refractivity contribution is 6.00. The third-order valence-corrected chi connectivity index (χ3v) is 5.07. The topological polar surface area (TPSA) is 52.6 Å². The lowest BCUT2D eigenvalue weighted by molar-refractivity contribution is -0.182. The molecule has 140 valence electrons. The second kappa shape index (κ2) is 9.43. The van der Waals surface area contributed by atoms with Gasteiger partial charge in [0.15, 0.2) is 5.41 Å². The summed E-state index contributed by atoms with van der Waals surface area (Å²) in [5.74, 6) is -0.392. The van der Waals surface area contributed by atoms with Gasteiger partial charge in [0, 0.05) is 0 Å². The predicted molar refractivity (Wildman–Crippen MR) is 95.5 cm³/mol. The first kappa shape index (κ1) is 21.0. The van der Waals surface area contributed by atoms with Gasteiger partial charge in [-0.3, -0.25) is 9.59 Å². The molecule has 0 aromatic carbocycles. The fraction of sp³-hybridized carbons (Fsp3) is 0.900. The Bertz CT molecular complexity index is 384. The molecular weight excluding hydrogens is 304 g/mol. The average molecular weight is 341 g/mol. The summed E-state index contributed by atoms with van der Waals surface area (Å²) in [5.41, 5.74) is -1.19. The van der Waals surface area contributed by atoms with E-state index in [1.54, 1.807) is 0 Å². The zero-order valence-corrected chi connectivity index (χ0v) is 16.4. The maximum Gasteiger partial charge on any atom is 0.324 e. The standard InChI is InChI=1S/C20H36O4/c1-14(2)20(18(21)23-15(3)4,19(22)24-16(5)6)13-12-17-10-8-7-9-11-17/h14-17H,7-13H2,1-6H3. The van der Waals surface area contributed by atoms with E-state index in [2.05, 4.69) is 0 Å². The van der Waals surface area contributed by atoms with E-state index in [-0.39, 0.29) is 18.1 Å². The Labute approximate surface area is 147 Å². The van der Waals surface area contributed by atoms with E-state index >= 15 is 0 Å². The van der Waals surface area contributed by atoms with Crippen LogP contribution >= 0.6 is 0 Å². The van der Waals surface area contributed by atoms with Crippen LogP contribution in [0.2, 0.25) is 0 Å². The molecule has 0 bridgehead atoms. The van der Waals surface area contributed by atoms with Gasteiger partial charge in [-0.2, -0.15) is 0 Å². The highest BCUT2D eigenvalue weighted by Crippen LogP contribution is 2.40. The summed E-state index contributed by atoms with van der Waals surface area (Å²) >= 11 is 0. The van der Waals surface area contributed by atoms with Gasteiger partial charge >= 0.3 is 11.9 Å². The highest BCUT2D eigenvalue weighted by atomic mass is 16.6. The molecule has 1 rings (SSSR count). The van der Waals surface area contributed by atoms with Gasteiger partial charge in [-0.25, -0.2) is 0 Å². The van der Waals surface area contributed by atoms with Gasteiger partial charge in [0.25, 0.3) is 0 Å². The lowest BCUT2D eigenvalue weighted by atomic mass is 9.71. The van der Waals surface area contributed by atoms with Crippen molar-refractivity contribution in [1.82, 2.24) is 0 Å². The molecule has 1 aliphatic rings. The van der Waals surface area contributed by atoms with Crippen LogP contribution in [0.3, 0.4) is 0 Å². The van der Waals surface area contributed by atoms with Crippen LogP contribution in [0.15, 0.2) is 0 Å². The van der Waals surface area contributed by atoms with E-state index in [1.165, 1.54) is 32.1 Å². The summed E-state index contributed by atoms with van der Waals surface area (Å²) in [6.45, 7) is 11.1. The largest absolute Gasteiger partial charge is 0.462 e. The molecule has 0 saturated heterocycles. The first-order valence-electron chi connectivity index (χ1n) is 9.62. The van der Waals surface area contributed by atoms with E-state index in [4.69, 9.17) is 9.47 Å². The molecule has 0 heterocycles. The number of rotatable bonds is 8. The quantitative estimate of drug-likeness (QED) is 0.466. The van der Waals surface area contributed by atoms with Gasteiger partial charge in [-0.15, -0.1) is 0 Å². The monoisotopic (exact) mass is 340 g/mol. The predicted octanol–water partition coefficient (Wildman–Crippen LogP) is 4.89. The number of carbonyl (C=O) groups is 2. The van der Waals surface area contributed by atoms with Gasteiger partial charge in [-0.1, -0.05) is 46.0 Å². The van der Waals surface area contributed by atoms with Crippen LogP contribution in [0.5, 0.6) is 0 Å². The molecule has 0 aromatic rings. The van der Waals surface area contributed by atoms with Gasteiger partial charge in [0.05, 0.1) is 12.2 Å². The van der Waals surface area contributed by atoms with Crippen molar-refractivity contribution in [3.8, 4) is 0 Å². The molecule has 0 aliphatic heterocycles. The Balaban J connectivity index is 3.00. The van der Waals surface area contributed by atoms with Crippen LogP contribution in [-0.2, 0) is 19.1 Å². The SMILES string of the molecule is CC(C)OC(=O)C(CCC1CCCCC1)(C(=O)OC(C)C)C(C)C. The van der Waals surface area contributed by atoms with Crippen molar-refractivity contribution in [2.75, 3.05) is 0 Å². The van der Waals surface area contributed by atoms with Crippen LogP contribution in [0.4, 0.5) is 0 Å². The zero-order valence-electron chi connectivity index (χ0n) is 16.4. The van der Waals surface area contributed by atoms with Crippen molar-refractivity contribution in [3.63, 3.8) is 0 Å². The Kier molecular flexibility index (Phi) is 8.24. The molecule has 0 N–H and O–H groups in total. The van der Waals surface area contributed by atoms with Crippen molar-refractivity contribution < 1.29 is 19.1 Å². The summed E-state index contributed by atoms with van der Waals surface area (Å²) in [6, 6.07) is 0. The molecule has 1 fully saturated rings. The van der Waals surface area contributed by atoms with Crippen molar-refractivity contribution in [3.05, 3.63) is 0 Å². The van der Waals surface area contributed by atoms with Gasteiger partial charge < -0.3 is 9.47 Å². The summed E-state index contributed by atoms with van der Waals surface area (Å²) in [4.78, 5) is 25.8. The number of carbonyl (C=O) groups excluding carboxylic acids is 2. The van der Waals surface area contributed by atoms with Crippen molar-refractivity contribution >= 4 is 11.9 Å². The fourth-order valence-corrected chi connectivity index (χ4v) is 3.59. The van der Waals surface area contributed by atoms with Gasteiger partial charge in [0.1, 0.15) is 0 Å². The molecule has 0 aromatic heterocycles. The van der Waals surface area contributed by atoms with Crippen LogP contribution in [0, 0.1) is 17.3 Å². The second-order valence-corrected chi connectivity index (χ2v) is 8.08. The molecule has 0 spiro atoms. The molecule has 1 aliphatic carbocycles. The Morgan fingerprint density at radius 2 is 1.33 bits per heavy atom.